The quantitative estimate of drug-likeness (QED) is 0.591. The van der Waals surface area contributed by atoms with Crippen LogP contribution in [-0.2, 0) is 17.3 Å². The van der Waals surface area contributed by atoms with Gasteiger partial charge in [-0.3, -0.25) is 4.79 Å². The Hall–Kier alpha value is -2.11. The van der Waals surface area contributed by atoms with Gasteiger partial charge in [-0.05, 0) is 85.0 Å². The van der Waals surface area contributed by atoms with Crippen molar-refractivity contribution < 1.29 is 9.21 Å². The summed E-state index contributed by atoms with van der Waals surface area (Å²) in [6.07, 6.45) is 4.10. The third-order valence-corrected chi connectivity index (χ3v) is 8.09. The molecule has 186 valence electrons. The van der Waals surface area contributed by atoms with E-state index in [1.54, 1.807) is 0 Å². The number of hydrogen-bond donors (Lipinski definition) is 1. The molecule has 0 spiro atoms. The topological polar surface area (TPSA) is 48.7 Å². The van der Waals surface area contributed by atoms with E-state index in [9.17, 15) is 4.79 Å². The third kappa shape index (κ3) is 5.58. The average molecular weight is 466 g/mol. The van der Waals surface area contributed by atoms with Crippen LogP contribution in [0.5, 0.6) is 0 Å². The Kier molecular flexibility index (Phi) is 7.25. The van der Waals surface area contributed by atoms with E-state index in [4.69, 9.17) is 4.42 Å². The first-order valence-corrected chi connectivity index (χ1v) is 13.0. The normalized spacial score (nSPS) is 20.2. The molecule has 2 aromatic rings. The lowest BCUT2D eigenvalue weighted by Gasteiger charge is -2.42. The van der Waals surface area contributed by atoms with Crippen LogP contribution in [0.1, 0.15) is 85.5 Å². The monoisotopic (exact) mass is 465 g/mol. The van der Waals surface area contributed by atoms with Crippen LogP contribution >= 0.6 is 0 Å². The Balaban J connectivity index is 1.35. The fourth-order valence-corrected chi connectivity index (χ4v) is 5.40. The molecule has 0 unspecified atom stereocenters. The van der Waals surface area contributed by atoms with E-state index in [-0.39, 0.29) is 16.7 Å². The first-order valence-electron chi connectivity index (χ1n) is 13.0. The molecule has 0 saturated carbocycles. The van der Waals surface area contributed by atoms with E-state index in [1.165, 1.54) is 35.1 Å². The highest BCUT2D eigenvalue weighted by molar-refractivity contribution is 5.91. The Morgan fingerprint density at radius 3 is 2.32 bits per heavy atom. The molecule has 0 bridgehead atoms. The summed E-state index contributed by atoms with van der Waals surface area (Å²) in [5, 5.41) is 3.03. The highest BCUT2D eigenvalue weighted by Gasteiger charge is 2.37. The smallest absolute Gasteiger partial charge is 0.286 e. The van der Waals surface area contributed by atoms with Gasteiger partial charge < -0.3 is 19.5 Å². The lowest BCUT2D eigenvalue weighted by molar-refractivity contribution is 0.0920. The van der Waals surface area contributed by atoms with E-state index in [0.717, 1.165) is 44.9 Å². The summed E-state index contributed by atoms with van der Waals surface area (Å²) in [5.74, 6) is 1.14. The number of hydrogen-bond acceptors (Lipinski definition) is 4. The average Bonchev–Trinajstić information content (AvgIpc) is 3.25. The molecule has 5 heteroatoms. The minimum atomic E-state index is -0.116. The number of benzene rings is 1. The standard InChI is InChI=1S/C29H43N3O2/c1-21-18-24-25(29(4,5)11-10-28(24,2)3)20-22(21)19-23-8-9-26(34-23)27(33)30-12-7-13-32-16-14-31(6)15-17-32/h8-9,18,20H,7,10-17,19H2,1-6H3,(H,30,33). The van der Waals surface area contributed by atoms with Gasteiger partial charge in [0.2, 0.25) is 0 Å². The molecular formula is C29H43N3O2. The first-order chi connectivity index (χ1) is 16.0. The van der Waals surface area contributed by atoms with Crippen molar-refractivity contribution in [2.24, 2.45) is 0 Å². The van der Waals surface area contributed by atoms with E-state index in [2.05, 4.69) is 68.9 Å². The van der Waals surface area contributed by atoms with Gasteiger partial charge in [0.15, 0.2) is 5.76 Å². The number of nitrogens with zero attached hydrogens (tertiary/aromatic N) is 2. The summed E-state index contributed by atoms with van der Waals surface area (Å²) in [5.41, 5.74) is 5.95. The van der Waals surface area contributed by atoms with Gasteiger partial charge in [-0.1, -0.05) is 39.8 Å². The van der Waals surface area contributed by atoms with E-state index in [1.807, 2.05) is 12.1 Å². The van der Waals surface area contributed by atoms with Crippen molar-refractivity contribution in [1.82, 2.24) is 15.1 Å². The summed E-state index contributed by atoms with van der Waals surface area (Å²) >= 11 is 0. The Morgan fingerprint density at radius 1 is 1.00 bits per heavy atom. The summed E-state index contributed by atoms with van der Waals surface area (Å²) < 4.78 is 5.97. The zero-order chi connectivity index (χ0) is 24.5. The lowest BCUT2D eigenvalue weighted by Crippen LogP contribution is -2.45. The molecule has 0 atom stereocenters. The number of carbonyl (C=O) groups excluding carboxylic acids is 1. The van der Waals surface area contributed by atoms with Gasteiger partial charge in [0.05, 0.1) is 0 Å². The van der Waals surface area contributed by atoms with E-state index in [0.29, 0.717) is 18.7 Å². The van der Waals surface area contributed by atoms with Gasteiger partial charge in [-0.2, -0.15) is 0 Å². The molecule has 2 heterocycles. The molecule has 0 radical (unpaired) electrons. The van der Waals surface area contributed by atoms with Crippen molar-refractivity contribution in [3.63, 3.8) is 0 Å². The molecule has 4 rings (SSSR count). The number of furan rings is 1. The van der Waals surface area contributed by atoms with Gasteiger partial charge >= 0.3 is 0 Å². The summed E-state index contributed by atoms with van der Waals surface area (Å²) in [6.45, 7) is 17.8. The van der Waals surface area contributed by atoms with E-state index >= 15 is 0 Å². The van der Waals surface area contributed by atoms with Crippen molar-refractivity contribution in [1.29, 1.82) is 0 Å². The molecule has 1 aromatic heterocycles. The third-order valence-electron chi connectivity index (χ3n) is 8.09. The first kappa shape index (κ1) is 25.0. The highest BCUT2D eigenvalue weighted by Crippen LogP contribution is 2.46. The molecule has 5 nitrogen and oxygen atoms in total. The number of fused-ring (bicyclic) bond motifs is 1. The Labute approximate surface area is 205 Å². The van der Waals surface area contributed by atoms with Crippen LogP contribution in [0.2, 0.25) is 0 Å². The maximum atomic E-state index is 12.6. The van der Waals surface area contributed by atoms with Gasteiger partial charge in [0.1, 0.15) is 5.76 Å². The van der Waals surface area contributed by atoms with Crippen molar-refractivity contribution in [3.8, 4) is 0 Å². The van der Waals surface area contributed by atoms with Crippen molar-refractivity contribution in [2.75, 3.05) is 46.3 Å². The van der Waals surface area contributed by atoms with E-state index < -0.39 is 0 Å². The molecule has 1 aromatic carbocycles. The van der Waals surface area contributed by atoms with Crippen LogP contribution in [0, 0.1) is 6.92 Å². The largest absolute Gasteiger partial charge is 0.456 e. The molecule has 1 N–H and O–H groups in total. The van der Waals surface area contributed by atoms with Crippen LogP contribution in [0.15, 0.2) is 28.7 Å². The second kappa shape index (κ2) is 9.87. The number of amides is 1. The van der Waals surface area contributed by atoms with Crippen LogP contribution in [0.25, 0.3) is 0 Å². The van der Waals surface area contributed by atoms with Crippen LogP contribution in [0.4, 0.5) is 0 Å². The zero-order valence-electron chi connectivity index (χ0n) is 22.1. The summed E-state index contributed by atoms with van der Waals surface area (Å²) in [6, 6.07) is 8.55. The van der Waals surface area contributed by atoms with Crippen molar-refractivity contribution >= 4 is 5.91 Å². The molecule has 1 fully saturated rings. The van der Waals surface area contributed by atoms with Crippen molar-refractivity contribution in [2.45, 2.75) is 71.1 Å². The molecule has 1 saturated heterocycles. The fourth-order valence-electron chi connectivity index (χ4n) is 5.40. The second-order valence-electron chi connectivity index (χ2n) is 11.8. The number of piperazine rings is 1. The Morgan fingerprint density at radius 2 is 1.65 bits per heavy atom. The predicted octanol–water partition coefficient (Wildman–Crippen LogP) is 4.90. The number of nitrogens with one attached hydrogen (secondary N) is 1. The molecular weight excluding hydrogens is 422 g/mol. The van der Waals surface area contributed by atoms with Gasteiger partial charge in [0.25, 0.3) is 5.91 Å². The van der Waals surface area contributed by atoms with Crippen LogP contribution in [0.3, 0.4) is 0 Å². The molecule has 1 aliphatic carbocycles. The lowest BCUT2D eigenvalue weighted by atomic mass is 9.62. The predicted molar refractivity (Wildman–Crippen MR) is 139 cm³/mol. The second-order valence-corrected chi connectivity index (χ2v) is 11.8. The maximum Gasteiger partial charge on any atom is 0.286 e. The SMILES string of the molecule is Cc1cc2c(cc1Cc1ccc(C(=O)NCCCN3CCN(C)CC3)o1)C(C)(C)CCC2(C)C. The highest BCUT2D eigenvalue weighted by atomic mass is 16.3. The Bertz CT molecular complexity index is 1010. The molecule has 34 heavy (non-hydrogen) atoms. The molecule has 1 amide bonds. The van der Waals surface area contributed by atoms with Crippen LogP contribution in [-0.4, -0.2) is 62.0 Å². The number of carbonyl (C=O) groups is 1. The molecule has 2 aliphatic rings. The number of likely N-dealkylation sites (N-methyl/N-ethyl adjacent to an activating group) is 1. The summed E-state index contributed by atoms with van der Waals surface area (Å²) in [7, 11) is 2.17. The van der Waals surface area contributed by atoms with Gasteiger partial charge in [0, 0.05) is 39.1 Å². The van der Waals surface area contributed by atoms with Crippen molar-refractivity contribution in [3.05, 3.63) is 58.0 Å². The number of aryl methyl sites for hydroxylation is 1. The maximum absolute atomic E-state index is 12.6. The summed E-state index contributed by atoms with van der Waals surface area (Å²) in [4.78, 5) is 17.4. The van der Waals surface area contributed by atoms with Crippen LogP contribution < -0.4 is 5.32 Å². The zero-order valence-corrected chi connectivity index (χ0v) is 22.1. The van der Waals surface area contributed by atoms with Gasteiger partial charge in [-0.25, -0.2) is 0 Å². The van der Waals surface area contributed by atoms with Gasteiger partial charge in [-0.15, -0.1) is 0 Å². The minimum absolute atomic E-state index is 0.116. The minimum Gasteiger partial charge on any atom is -0.456 e. The fraction of sp³-hybridized carbons (Fsp3) is 0.621. The molecule has 1 aliphatic heterocycles. The number of rotatable bonds is 7.